The Bertz CT molecular complexity index is 1160. The van der Waals surface area contributed by atoms with Crippen LogP contribution < -0.4 is 15.4 Å². The van der Waals surface area contributed by atoms with E-state index in [4.69, 9.17) is 15.1 Å². The van der Waals surface area contributed by atoms with Gasteiger partial charge < -0.3 is 10.2 Å². The number of nitrogens with two attached hydrogens (primary N) is 1. The van der Waals surface area contributed by atoms with Gasteiger partial charge in [0.25, 0.3) is 0 Å². The summed E-state index contributed by atoms with van der Waals surface area (Å²) in [6.45, 7) is 6.06. The molecule has 4 rings (SSSR count). The lowest BCUT2D eigenvalue weighted by atomic mass is 10.00. The van der Waals surface area contributed by atoms with Gasteiger partial charge in [-0.2, -0.15) is 0 Å². The summed E-state index contributed by atoms with van der Waals surface area (Å²) in [5.74, 6) is 0.404. The van der Waals surface area contributed by atoms with Crippen molar-refractivity contribution in [3.8, 4) is 10.6 Å². The van der Waals surface area contributed by atoms with Gasteiger partial charge in [-0.25, -0.2) is 28.5 Å². The fraction of sp³-hybridized carbons (Fsp3) is 0.316. The first-order valence-electron chi connectivity index (χ1n) is 9.40. The van der Waals surface area contributed by atoms with Gasteiger partial charge in [0.2, 0.25) is 16.0 Å². The summed E-state index contributed by atoms with van der Waals surface area (Å²) in [6.07, 6.45) is 3.56. The average molecular weight is 431 g/mol. The van der Waals surface area contributed by atoms with Gasteiger partial charge in [0.15, 0.2) is 5.13 Å². The van der Waals surface area contributed by atoms with Gasteiger partial charge in [-0.05, 0) is 50.5 Å². The van der Waals surface area contributed by atoms with Gasteiger partial charge in [0, 0.05) is 25.0 Å². The second kappa shape index (κ2) is 7.69. The van der Waals surface area contributed by atoms with E-state index >= 15 is 0 Å². The van der Waals surface area contributed by atoms with Crippen LogP contribution in [0.5, 0.6) is 0 Å². The van der Waals surface area contributed by atoms with Crippen molar-refractivity contribution in [2.45, 2.75) is 31.6 Å². The summed E-state index contributed by atoms with van der Waals surface area (Å²) in [6, 6.07) is 6.29. The first-order chi connectivity index (χ1) is 13.9. The molecule has 8 nitrogen and oxygen atoms in total. The number of hydrogen-bond acceptors (Lipinski definition) is 8. The highest BCUT2D eigenvalue weighted by Crippen LogP contribution is 2.39. The van der Waals surface area contributed by atoms with E-state index in [1.165, 1.54) is 12.1 Å². The smallest absolute Gasteiger partial charge is 0.238 e. The molecule has 2 heterocycles. The Morgan fingerprint density at radius 2 is 2.00 bits per heavy atom. The number of thiazole rings is 1. The Kier molecular flexibility index (Phi) is 5.24. The Morgan fingerprint density at radius 3 is 2.72 bits per heavy atom. The Hall–Kier alpha value is -2.56. The highest BCUT2D eigenvalue weighted by Gasteiger charge is 2.24. The quantitative estimate of drug-likeness (QED) is 0.618. The minimum Gasteiger partial charge on any atom is -0.349 e. The zero-order valence-electron chi connectivity index (χ0n) is 16.2. The maximum absolute atomic E-state index is 11.6. The molecule has 0 saturated heterocycles. The summed E-state index contributed by atoms with van der Waals surface area (Å²) in [4.78, 5) is 17.3. The summed E-state index contributed by atoms with van der Waals surface area (Å²) in [5.41, 5.74) is 3.62. The van der Waals surface area contributed by atoms with Crippen LogP contribution in [0.4, 0.5) is 16.8 Å². The Morgan fingerprint density at radius 1 is 1.21 bits per heavy atom. The normalized spacial score (nSPS) is 12.9. The number of sulfonamides is 1. The number of nitrogens with zero attached hydrogens (tertiary/aromatic N) is 4. The number of fused-ring (bicyclic) bond motifs is 3. The predicted molar refractivity (Wildman–Crippen MR) is 115 cm³/mol. The van der Waals surface area contributed by atoms with Crippen LogP contribution in [0, 0.1) is 0 Å². The first-order valence-corrected chi connectivity index (χ1v) is 11.8. The molecule has 0 fully saturated rings. The molecule has 0 bridgehead atoms. The molecule has 1 aromatic carbocycles. The van der Waals surface area contributed by atoms with Crippen LogP contribution in [0.1, 0.15) is 25.1 Å². The van der Waals surface area contributed by atoms with Crippen LogP contribution in [-0.4, -0.2) is 36.5 Å². The fourth-order valence-electron chi connectivity index (χ4n) is 3.30. The third kappa shape index (κ3) is 3.96. The van der Waals surface area contributed by atoms with E-state index in [2.05, 4.69) is 29.0 Å². The molecule has 0 unspecified atom stereocenters. The summed E-state index contributed by atoms with van der Waals surface area (Å²) in [7, 11) is -3.77. The van der Waals surface area contributed by atoms with Crippen molar-refractivity contribution >= 4 is 38.1 Å². The maximum Gasteiger partial charge on any atom is 0.238 e. The van der Waals surface area contributed by atoms with Gasteiger partial charge >= 0.3 is 0 Å². The van der Waals surface area contributed by atoms with E-state index in [9.17, 15) is 8.42 Å². The zero-order valence-corrected chi connectivity index (χ0v) is 17.8. The van der Waals surface area contributed by atoms with Crippen LogP contribution in [0.25, 0.3) is 10.6 Å². The van der Waals surface area contributed by atoms with Crippen LogP contribution in [-0.2, 0) is 22.9 Å². The molecule has 0 radical (unpaired) electrons. The number of nitrogens with one attached hydrogen (secondary N) is 1. The molecule has 2 aromatic heterocycles. The van der Waals surface area contributed by atoms with Crippen molar-refractivity contribution < 1.29 is 8.42 Å². The number of anilines is 3. The molecule has 0 saturated carbocycles. The van der Waals surface area contributed by atoms with E-state index in [-0.39, 0.29) is 4.90 Å². The van der Waals surface area contributed by atoms with Crippen molar-refractivity contribution in [1.82, 2.24) is 15.0 Å². The number of aromatic nitrogens is 3. The minimum atomic E-state index is -3.77. The van der Waals surface area contributed by atoms with Crippen LogP contribution in [0.2, 0.25) is 0 Å². The number of hydrogen-bond donors (Lipinski definition) is 2. The zero-order chi connectivity index (χ0) is 20.6. The van der Waals surface area contributed by atoms with E-state index in [0.717, 1.165) is 52.9 Å². The standard InChI is InChI=1S/C19H22N6O2S2/c1-3-25(4-2)19-23-15-9-8-12-11-21-18(24-16(12)17(15)28-19)22-13-6-5-7-14(10-13)29(20,26)27/h5-7,10-11H,3-4,8-9H2,1-2H3,(H2,20,26,27)(H,21,22,24). The Labute approximate surface area is 173 Å². The average Bonchev–Trinajstić information content (AvgIpc) is 3.13. The lowest BCUT2D eigenvalue weighted by molar-refractivity contribution is 0.598. The molecule has 3 N–H and O–H groups in total. The molecule has 3 aromatic rings. The molecule has 10 heteroatoms. The molecule has 0 amide bonds. The largest absolute Gasteiger partial charge is 0.349 e. The topological polar surface area (TPSA) is 114 Å². The van der Waals surface area contributed by atoms with Gasteiger partial charge in [-0.3, -0.25) is 0 Å². The molecular weight excluding hydrogens is 408 g/mol. The molecule has 29 heavy (non-hydrogen) atoms. The minimum absolute atomic E-state index is 0.0362. The van der Waals surface area contributed by atoms with Crippen molar-refractivity contribution in [3.05, 3.63) is 41.7 Å². The second-order valence-corrected chi connectivity index (χ2v) is 9.25. The second-order valence-electron chi connectivity index (χ2n) is 6.71. The van der Waals surface area contributed by atoms with Crippen molar-refractivity contribution in [3.63, 3.8) is 0 Å². The Balaban J connectivity index is 1.67. The van der Waals surface area contributed by atoms with E-state index in [1.807, 2.05) is 6.20 Å². The van der Waals surface area contributed by atoms with Gasteiger partial charge in [0.1, 0.15) is 0 Å². The summed E-state index contributed by atoms with van der Waals surface area (Å²) < 4.78 is 23.2. The summed E-state index contributed by atoms with van der Waals surface area (Å²) in [5, 5.41) is 9.31. The SMILES string of the molecule is CCN(CC)c1nc2c(s1)-c1nc(Nc3cccc(S(N)(=O)=O)c3)ncc1CC2. The van der Waals surface area contributed by atoms with Gasteiger partial charge in [-0.15, -0.1) is 0 Å². The lowest BCUT2D eigenvalue weighted by Crippen LogP contribution is -2.21. The van der Waals surface area contributed by atoms with E-state index in [0.29, 0.717) is 11.6 Å². The molecule has 0 aliphatic heterocycles. The lowest BCUT2D eigenvalue weighted by Gasteiger charge is -2.16. The summed E-state index contributed by atoms with van der Waals surface area (Å²) >= 11 is 1.66. The number of benzene rings is 1. The monoisotopic (exact) mass is 430 g/mol. The number of primary sulfonamides is 1. The highest BCUT2D eigenvalue weighted by atomic mass is 32.2. The van der Waals surface area contributed by atoms with E-state index < -0.39 is 10.0 Å². The van der Waals surface area contributed by atoms with Gasteiger partial charge in [-0.1, -0.05) is 17.4 Å². The molecule has 1 aliphatic rings. The highest BCUT2D eigenvalue weighted by molar-refractivity contribution is 7.89. The van der Waals surface area contributed by atoms with Crippen LogP contribution in [0.3, 0.4) is 0 Å². The molecule has 152 valence electrons. The van der Waals surface area contributed by atoms with Gasteiger partial charge in [0.05, 0.1) is 21.2 Å². The third-order valence-electron chi connectivity index (χ3n) is 4.85. The predicted octanol–water partition coefficient (Wildman–Crippen LogP) is 2.94. The van der Waals surface area contributed by atoms with E-state index in [1.54, 1.807) is 23.5 Å². The fourth-order valence-corrected chi connectivity index (χ4v) is 5.13. The van der Waals surface area contributed by atoms with Crippen LogP contribution in [0.15, 0.2) is 35.4 Å². The molecular formula is C19H22N6O2S2. The molecule has 1 aliphatic carbocycles. The molecule has 0 spiro atoms. The number of rotatable bonds is 6. The third-order valence-corrected chi connectivity index (χ3v) is 6.93. The number of aryl methyl sites for hydroxylation is 2. The molecule has 0 atom stereocenters. The van der Waals surface area contributed by atoms with Crippen LogP contribution >= 0.6 is 11.3 Å². The van der Waals surface area contributed by atoms with Crippen molar-refractivity contribution in [2.75, 3.05) is 23.3 Å². The van der Waals surface area contributed by atoms with Crippen molar-refractivity contribution in [2.24, 2.45) is 5.14 Å². The van der Waals surface area contributed by atoms with Crippen molar-refractivity contribution in [1.29, 1.82) is 0 Å². The maximum atomic E-state index is 11.6. The first kappa shape index (κ1) is 19.7.